The molecule has 0 bridgehead atoms. The number of carbonyl (C=O) groups excluding carboxylic acids is 1. The first-order valence-electron chi connectivity index (χ1n) is 6.02. The Morgan fingerprint density at radius 3 is 2.81 bits per heavy atom. The van der Waals surface area contributed by atoms with E-state index >= 15 is 0 Å². The molecule has 94 valence electrons. The number of hydrogen-bond donors (Lipinski definition) is 1. The summed E-state index contributed by atoms with van der Waals surface area (Å²) in [6.07, 6.45) is 2.47. The van der Waals surface area contributed by atoms with Gasteiger partial charge in [-0.2, -0.15) is 0 Å². The molecule has 0 aromatic heterocycles. The third kappa shape index (κ3) is 2.74. The van der Waals surface area contributed by atoms with Crippen LogP contribution in [0.15, 0.2) is 0 Å². The van der Waals surface area contributed by atoms with Crippen LogP contribution in [0.1, 0.15) is 33.1 Å². The second-order valence-electron chi connectivity index (χ2n) is 4.71. The Morgan fingerprint density at radius 1 is 1.62 bits per heavy atom. The topological polar surface area (TPSA) is 49.8 Å². The van der Waals surface area contributed by atoms with Crippen LogP contribution in [0.4, 0.5) is 0 Å². The van der Waals surface area contributed by atoms with Crippen molar-refractivity contribution in [1.29, 1.82) is 0 Å². The minimum atomic E-state index is -0.686. The van der Waals surface area contributed by atoms with Gasteiger partial charge in [0.15, 0.2) is 0 Å². The second-order valence-corrected chi connectivity index (χ2v) is 4.71. The molecule has 2 unspecified atom stereocenters. The van der Waals surface area contributed by atoms with E-state index in [1.54, 1.807) is 7.11 Å². The average Bonchev–Trinajstić information content (AvgIpc) is 2.76. The smallest absolute Gasteiger partial charge is 0.254 e. The predicted octanol–water partition coefficient (Wildman–Crippen LogP) is 1.03. The van der Waals surface area contributed by atoms with Crippen LogP contribution in [0.5, 0.6) is 0 Å². The summed E-state index contributed by atoms with van der Waals surface area (Å²) < 4.78 is 5.32. The lowest BCUT2D eigenvalue weighted by Crippen LogP contribution is -2.47. The molecule has 0 spiro atoms. The van der Waals surface area contributed by atoms with Gasteiger partial charge in [0.05, 0.1) is 0 Å². The van der Waals surface area contributed by atoms with E-state index in [-0.39, 0.29) is 12.5 Å². The van der Waals surface area contributed by atoms with Crippen molar-refractivity contribution in [2.45, 2.75) is 38.7 Å². The minimum absolute atomic E-state index is 0.0814. The maximum Gasteiger partial charge on any atom is 0.254 e. The van der Waals surface area contributed by atoms with E-state index in [4.69, 9.17) is 9.84 Å². The van der Waals surface area contributed by atoms with Gasteiger partial charge in [0.25, 0.3) is 5.91 Å². The molecular weight excluding hydrogens is 206 g/mol. The Kier molecular flexibility index (Phi) is 4.74. The lowest BCUT2D eigenvalue weighted by Gasteiger charge is -2.30. The Balaban J connectivity index is 2.56. The molecule has 0 saturated carbocycles. The van der Waals surface area contributed by atoms with Crippen LogP contribution < -0.4 is 0 Å². The molecule has 16 heavy (non-hydrogen) atoms. The van der Waals surface area contributed by atoms with Crippen molar-refractivity contribution in [2.24, 2.45) is 5.92 Å². The van der Waals surface area contributed by atoms with Gasteiger partial charge >= 0.3 is 0 Å². The largest absolute Gasteiger partial charge is 0.396 e. The van der Waals surface area contributed by atoms with Gasteiger partial charge < -0.3 is 14.7 Å². The van der Waals surface area contributed by atoms with E-state index in [0.717, 1.165) is 25.9 Å². The molecule has 4 heteroatoms. The number of aliphatic hydroxyl groups excluding tert-OH is 1. The fourth-order valence-electron chi connectivity index (χ4n) is 2.15. The number of hydrogen-bond acceptors (Lipinski definition) is 3. The summed E-state index contributed by atoms with van der Waals surface area (Å²) in [4.78, 5) is 14.1. The lowest BCUT2D eigenvalue weighted by molar-refractivity contribution is -0.152. The molecule has 0 radical (unpaired) electrons. The van der Waals surface area contributed by atoms with E-state index in [1.165, 1.54) is 0 Å². The predicted molar refractivity (Wildman–Crippen MR) is 62.1 cm³/mol. The molecule has 1 fully saturated rings. The fraction of sp³-hybridized carbons (Fsp3) is 0.917. The Bertz CT molecular complexity index is 238. The van der Waals surface area contributed by atoms with Gasteiger partial charge in [-0.3, -0.25) is 4.79 Å². The summed E-state index contributed by atoms with van der Waals surface area (Å²) in [5.41, 5.74) is -0.686. The van der Waals surface area contributed by atoms with E-state index in [0.29, 0.717) is 12.3 Å². The number of carbonyl (C=O) groups is 1. The monoisotopic (exact) mass is 229 g/mol. The molecule has 1 heterocycles. The lowest BCUT2D eigenvalue weighted by atomic mass is 10.0. The third-order valence-corrected chi connectivity index (χ3v) is 3.69. The highest BCUT2D eigenvalue weighted by Gasteiger charge is 2.37. The third-order valence-electron chi connectivity index (χ3n) is 3.69. The molecule has 1 amide bonds. The number of ether oxygens (including phenoxy) is 1. The molecule has 1 aliphatic heterocycles. The highest BCUT2D eigenvalue weighted by atomic mass is 16.5. The van der Waals surface area contributed by atoms with Crippen LogP contribution in [-0.4, -0.2) is 48.3 Å². The molecule has 0 aromatic rings. The van der Waals surface area contributed by atoms with Gasteiger partial charge in [-0.25, -0.2) is 0 Å². The van der Waals surface area contributed by atoms with Gasteiger partial charge in [0, 0.05) is 26.8 Å². The molecule has 4 nitrogen and oxygen atoms in total. The quantitative estimate of drug-likeness (QED) is 0.766. The van der Waals surface area contributed by atoms with E-state index in [1.807, 2.05) is 18.7 Å². The highest BCUT2D eigenvalue weighted by molar-refractivity contribution is 5.85. The molecule has 1 N–H and O–H groups in total. The highest BCUT2D eigenvalue weighted by Crippen LogP contribution is 2.25. The first-order valence-corrected chi connectivity index (χ1v) is 6.02. The zero-order valence-corrected chi connectivity index (χ0v) is 10.5. The molecular formula is C12H23NO3. The van der Waals surface area contributed by atoms with Gasteiger partial charge in [-0.1, -0.05) is 6.92 Å². The molecule has 1 aliphatic rings. The molecule has 2 atom stereocenters. The summed E-state index contributed by atoms with van der Waals surface area (Å²) in [5, 5.41) is 8.88. The standard InChI is InChI=1S/C12H23NO3/c1-4-12(2,16-3)11(15)13-7-5-10(9-13)6-8-14/h10,14H,4-9H2,1-3H3. The van der Waals surface area contributed by atoms with Crippen molar-refractivity contribution in [3.8, 4) is 0 Å². The zero-order chi connectivity index (χ0) is 12.2. The van der Waals surface area contributed by atoms with Crippen molar-refractivity contribution in [1.82, 2.24) is 4.90 Å². The number of nitrogens with zero attached hydrogens (tertiary/aromatic N) is 1. The van der Waals surface area contributed by atoms with Crippen molar-refractivity contribution >= 4 is 5.91 Å². The van der Waals surface area contributed by atoms with E-state index in [9.17, 15) is 4.79 Å². The summed E-state index contributed by atoms with van der Waals surface area (Å²) in [7, 11) is 1.59. The minimum Gasteiger partial charge on any atom is -0.396 e. The molecule has 1 saturated heterocycles. The number of aliphatic hydroxyl groups is 1. The number of methoxy groups -OCH3 is 1. The van der Waals surface area contributed by atoms with E-state index in [2.05, 4.69) is 0 Å². The summed E-state index contributed by atoms with van der Waals surface area (Å²) >= 11 is 0. The van der Waals surface area contributed by atoms with Gasteiger partial charge in [0.2, 0.25) is 0 Å². The second kappa shape index (κ2) is 5.64. The van der Waals surface area contributed by atoms with Gasteiger partial charge in [-0.05, 0) is 32.1 Å². The van der Waals surface area contributed by atoms with Gasteiger partial charge in [0.1, 0.15) is 5.60 Å². The van der Waals surface area contributed by atoms with Crippen LogP contribution >= 0.6 is 0 Å². The summed E-state index contributed by atoms with van der Waals surface area (Å²) in [5.74, 6) is 0.532. The zero-order valence-electron chi connectivity index (χ0n) is 10.5. The Hall–Kier alpha value is -0.610. The first kappa shape index (κ1) is 13.5. The average molecular weight is 229 g/mol. The molecule has 0 aromatic carbocycles. The van der Waals surface area contributed by atoms with E-state index < -0.39 is 5.60 Å². The first-order chi connectivity index (χ1) is 7.57. The fourth-order valence-corrected chi connectivity index (χ4v) is 2.15. The van der Waals surface area contributed by atoms with Crippen LogP contribution in [0.25, 0.3) is 0 Å². The van der Waals surface area contributed by atoms with Crippen LogP contribution in [0.3, 0.4) is 0 Å². The Morgan fingerprint density at radius 2 is 2.31 bits per heavy atom. The maximum absolute atomic E-state index is 12.2. The van der Waals surface area contributed by atoms with Crippen LogP contribution in [-0.2, 0) is 9.53 Å². The van der Waals surface area contributed by atoms with Crippen LogP contribution in [0, 0.1) is 5.92 Å². The number of amides is 1. The summed E-state index contributed by atoms with van der Waals surface area (Å²) in [6.45, 7) is 5.57. The normalized spacial score (nSPS) is 24.5. The molecule has 1 rings (SSSR count). The van der Waals surface area contributed by atoms with Crippen molar-refractivity contribution in [3.63, 3.8) is 0 Å². The Labute approximate surface area is 97.6 Å². The van der Waals surface area contributed by atoms with Crippen molar-refractivity contribution in [3.05, 3.63) is 0 Å². The van der Waals surface area contributed by atoms with Crippen molar-refractivity contribution in [2.75, 3.05) is 26.8 Å². The maximum atomic E-state index is 12.2. The SMILES string of the molecule is CCC(C)(OC)C(=O)N1CCC(CCO)C1. The summed E-state index contributed by atoms with van der Waals surface area (Å²) in [6, 6.07) is 0. The molecule has 0 aliphatic carbocycles. The number of likely N-dealkylation sites (tertiary alicyclic amines) is 1. The van der Waals surface area contributed by atoms with Crippen molar-refractivity contribution < 1.29 is 14.6 Å². The van der Waals surface area contributed by atoms with Crippen LogP contribution in [0.2, 0.25) is 0 Å². The number of rotatable bonds is 5. The van der Waals surface area contributed by atoms with Gasteiger partial charge in [-0.15, -0.1) is 0 Å².